The average Bonchev–Trinajstić information content (AvgIpc) is 3.14. The predicted octanol–water partition coefficient (Wildman–Crippen LogP) is 0.894. The van der Waals surface area contributed by atoms with Crippen LogP contribution in [-0.2, 0) is 14.7 Å². The Morgan fingerprint density at radius 1 is 1.26 bits per heavy atom. The van der Waals surface area contributed by atoms with Crippen LogP contribution in [0.5, 0.6) is 0 Å². The van der Waals surface area contributed by atoms with Crippen LogP contribution in [-0.4, -0.2) is 37.6 Å². The van der Waals surface area contributed by atoms with E-state index < -0.39 is 16.5 Å². The van der Waals surface area contributed by atoms with Crippen molar-refractivity contribution in [2.24, 2.45) is 10.2 Å². The first-order valence-electron chi connectivity index (χ1n) is 5.41. The minimum Gasteiger partial charge on any atom is -0.467 e. The molecule has 0 amide bonds. The highest BCUT2D eigenvalue weighted by Gasteiger charge is 2.45. The molecule has 0 saturated heterocycles. The summed E-state index contributed by atoms with van der Waals surface area (Å²) in [5.41, 5.74) is 0. The van der Waals surface area contributed by atoms with Crippen molar-refractivity contribution < 1.29 is 9.53 Å². The van der Waals surface area contributed by atoms with Crippen molar-refractivity contribution >= 4 is 17.7 Å². The van der Waals surface area contributed by atoms with Crippen molar-refractivity contribution in [2.45, 2.75) is 10.5 Å². The zero-order chi connectivity index (χ0) is 13.3. The SMILES string of the molecule is COC(=O)C1N=NC(n2ccnc2)(n2ccnc2)S1. The van der Waals surface area contributed by atoms with Gasteiger partial charge in [-0.3, -0.25) is 9.13 Å². The van der Waals surface area contributed by atoms with Crippen LogP contribution in [0, 0.1) is 0 Å². The van der Waals surface area contributed by atoms with Crippen molar-refractivity contribution in [2.75, 3.05) is 7.11 Å². The lowest BCUT2D eigenvalue weighted by Crippen LogP contribution is -2.34. The van der Waals surface area contributed by atoms with Crippen molar-refractivity contribution in [3.63, 3.8) is 0 Å². The Labute approximate surface area is 112 Å². The van der Waals surface area contributed by atoms with Gasteiger partial charge in [-0.25, -0.2) is 14.8 Å². The molecule has 8 nitrogen and oxygen atoms in total. The molecule has 19 heavy (non-hydrogen) atoms. The molecular formula is C10H10N6O2S. The Hall–Kier alpha value is -2.16. The second-order valence-electron chi connectivity index (χ2n) is 3.72. The normalized spacial score (nSPS) is 20.6. The van der Waals surface area contributed by atoms with Crippen LogP contribution in [0.1, 0.15) is 0 Å². The molecule has 0 aliphatic carbocycles. The molecule has 0 spiro atoms. The molecule has 0 radical (unpaired) electrons. The number of thioether (sulfide) groups is 1. The summed E-state index contributed by atoms with van der Waals surface area (Å²) >= 11 is 1.24. The Morgan fingerprint density at radius 3 is 2.37 bits per heavy atom. The smallest absolute Gasteiger partial charge is 0.343 e. The molecule has 1 atom stereocenters. The summed E-state index contributed by atoms with van der Waals surface area (Å²) in [7, 11) is 1.33. The predicted molar refractivity (Wildman–Crippen MR) is 66.1 cm³/mol. The lowest BCUT2D eigenvalue weighted by Gasteiger charge is -2.26. The summed E-state index contributed by atoms with van der Waals surface area (Å²) in [5.74, 6) is -0.434. The molecule has 0 N–H and O–H groups in total. The summed E-state index contributed by atoms with van der Waals surface area (Å²) in [5, 5.41) is 6.60. The maximum absolute atomic E-state index is 11.6. The molecule has 1 unspecified atom stereocenters. The van der Waals surface area contributed by atoms with Crippen molar-refractivity contribution in [1.29, 1.82) is 0 Å². The number of nitrogens with zero attached hydrogens (tertiary/aromatic N) is 6. The van der Waals surface area contributed by atoms with E-state index in [-0.39, 0.29) is 0 Å². The van der Waals surface area contributed by atoms with E-state index in [2.05, 4.69) is 20.2 Å². The third-order valence-corrected chi connectivity index (χ3v) is 3.98. The second-order valence-corrected chi connectivity index (χ2v) is 4.95. The molecule has 3 heterocycles. The van der Waals surface area contributed by atoms with E-state index in [9.17, 15) is 4.79 Å². The number of esters is 1. The molecule has 0 aromatic carbocycles. The fourth-order valence-electron chi connectivity index (χ4n) is 1.74. The van der Waals surface area contributed by atoms with Crippen LogP contribution < -0.4 is 0 Å². The maximum atomic E-state index is 11.6. The van der Waals surface area contributed by atoms with E-state index in [0.29, 0.717) is 0 Å². The summed E-state index contributed by atoms with van der Waals surface area (Å²) in [6.07, 6.45) is 10.0. The van der Waals surface area contributed by atoms with Gasteiger partial charge in [0.1, 0.15) is 0 Å². The number of azo groups is 1. The quantitative estimate of drug-likeness (QED) is 0.778. The molecule has 98 valence electrons. The minimum atomic E-state index is -0.925. The van der Waals surface area contributed by atoms with Crippen molar-refractivity contribution in [3.05, 3.63) is 37.4 Å². The minimum absolute atomic E-state index is 0.434. The zero-order valence-corrected chi connectivity index (χ0v) is 10.8. The van der Waals surface area contributed by atoms with Gasteiger partial charge in [-0.05, 0) is 11.8 Å². The van der Waals surface area contributed by atoms with Gasteiger partial charge in [-0.15, -0.1) is 5.11 Å². The summed E-state index contributed by atoms with van der Waals surface area (Å²) in [4.78, 5) is 19.6. The van der Waals surface area contributed by atoms with Crippen molar-refractivity contribution in [3.8, 4) is 0 Å². The average molecular weight is 278 g/mol. The maximum Gasteiger partial charge on any atom is 0.343 e. The Balaban J connectivity index is 2.02. The number of hydrogen-bond acceptors (Lipinski definition) is 7. The lowest BCUT2D eigenvalue weighted by atomic mass is 10.7. The number of imidazole rings is 2. The number of rotatable bonds is 3. The number of aromatic nitrogens is 4. The van der Waals surface area contributed by atoms with E-state index in [0.717, 1.165) is 0 Å². The van der Waals surface area contributed by atoms with Gasteiger partial charge in [-0.2, -0.15) is 5.11 Å². The van der Waals surface area contributed by atoms with Gasteiger partial charge < -0.3 is 4.74 Å². The first-order valence-corrected chi connectivity index (χ1v) is 6.29. The van der Waals surface area contributed by atoms with E-state index >= 15 is 0 Å². The highest BCUT2D eigenvalue weighted by Crippen LogP contribution is 2.43. The van der Waals surface area contributed by atoms with Crippen LogP contribution in [0.25, 0.3) is 0 Å². The van der Waals surface area contributed by atoms with Crippen LogP contribution in [0.2, 0.25) is 0 Å². The van der Waals surface area contributed by atoms with Gasteiger partial charge in [-0.1, -0.05) is 0 Å². The van der Waals surface area contributed by atoms with Crippen LogP contribution in [0.4, 0.5) is 0 Å². The molecular weight excluding hydrogens is 268 g/mol. The molecule has 0 saturated carbocycles. The number of carbonyl (C=O) groups excluding carboxylic acids is 1. The van der Waals surface area contributed by atoms with Crippen LogP contribution in [0.15, 0.2) is 47.7 Å². The topological polar surface area (TPSA) is 86.7 Å². The van der Waals surface area contributed by atoms with Gasteiger partial charge >= 0.3 is 5.97 Å². The highest BCUT2D eigenvalue weighted by molar-refractivity contribution is 8.01. The highest BCUT2D eigenvalue weighted by atomic mass is 32.2. The first kappa shape index (κ1) is 11.9. The number of methoxy groups -OCH3 is 1. The van der Waals surface area contributed by atoms with Gasteiger partial charge in [0.25, 0.3) is 5.12 Å². The van der Waals surface area contributed by atoms with E-state index in [1.165, 1.54) is 18.9 Å². The largest absolute Gasteiger partial charge is 0.467 e. The summed E-state index contributed by atoms with van der Waals surface area (Å²) < 4.78 is 8.21. The molecule has 9 heteroatoms. The Bertz CT molecular complexity index is 559. The second kappa shape index (κ2) is 4.50. The number of ether oxygens (including phenoxy) is 1. The molecule has 1 aliphatic heterocycles. The molecule has 0 fully saturated rings. The van der Waals surface area contributed by atoms with Gasteiger partial charge in [0, 0.05) is 24.8 Å². The van der Waals surface area contributed by atoms with Gasteiger partial charge in [0.15, 0.2) is 0 Å². The lowest BCUT2D eigenvalue weighted by molar-refractivity contribution is -0.139. The molecule has 3 rings (SSSR count). The molecule has 2 aromatic heterocycles. The fraction of sp³-hybridized carbons (Fsp3) is 0.300. The summed E-state index contributed by atoms with van der Waals surface area (Å²) in [6.45, 7) is 0. The van der Waals surface area contributed by atoms with Crippen LogP contribution in [0.3, 0.4) is 0 Å². The molecule has 1 aliphatic rings. The molecule has 2 aromatic rings. The fourth-order valence-corrected chi connectivity index (χ4v) is 2.88. The monoisotopic (exact) mass is 278 g/mol. The molecule has 0 bridgehead atoms. The summed E-state index contributed by atoms with van der Waals surface area (Å²) in [6, 6.07) is 0. The van der Waals surface area contributed by atoms with E-state index in [4.69, 9.17) is 4.74 Å². The first-order chi connectivity index (χ1) is 9.26. The number of hydrogen-bond donors (Lipinski definition) is 0. The van der Waals surface area contributed by atoms with Crippen molar-refractivity contribution in [1.82, 2.24) is 19.1 Å². The Morgan fingerprint density at radius 2 is 1.89 bits per heavy atom. The van der Waals surface area contributed by atoms with Crippen LogP contribution >= 0.6 is 11.8 Å². The van der Waals surface area contributed by atoms with Gasteiger partial charge in [0.2, 0.25) is 5.37 Å². The van der Waals surface area contributed by atoms with E-state index in [1.807, 2.05) is 0 Å². The third kappa shape index (κ3) is 1.82. The standard InChI is InChI=1S/C10H10N6O2S/c1-18-9(17)8-13-14-10(19-8,15-4-2-11-6-15)16-5-3-12-7-16/h2-8H,1H3. The van der Waals surface area contributed by atoms with E-state index in [1.54, 1.807) is 46.6 Å². The zero-order valence-electron chi connectivity index (χ0n) is 9.95. The third-order valence-electron chi connectivity index (χ3n) is 2.65. The van der Waals surface area contributed by atoms with Gasteiger partial charge in [0.05, 0.1) is 19.8 Å². The Kier molecular flexibility index (Phi) is 2.82. The number of carbonyl (C=O) groups is 1.